The monoisotopic (exact) mass is 269 g/mol. The third kappa shape index (κ3) is 3.03. The fourth-order valence-corrected chi connectivity index (χ4v) is 2.06. The van der Waals surface area contributed by atoms with Crippen LogP contribution in [0.4, 0.5) is 14.5 Å². The Kier molecular flexibility index (Phi) is 4.02. The van der Waals surface area contributed by atoms with E-state index >= 15 is 0 Å². The second-order valence-corrected chi connectivity index (χ2v) is 4.98. The Morgan fingerprint density at radius 1 is 1.42 bits per heavy atom. The number of benzene rings is 1. The molecule has 1 aromatic rings. The zero-order chi connectivity index (χ0) is 14.0. The van der Waals surface area contributed by atoms with Crippen molar-refractivity contribution in [3.05, 3.63) is 29.3 Å². The van der Waals surface area contributed by atoms with Crippen LogP contribution in [0, 0.1) is 23.5 Å². The number of carbonyl (C=O) groups is 1. The molecule has 0 amide bonds. The molecule has 1 aliphatic carbocycles. The first-order valence-corrected chi connectivity index (χ1v) is 6.34. The molecule has 0 aromatic heterocycles. The fraction of sp³-hybridized carbons (Fsp3) is 0.500. The summed E-state index contributed by atoms with van der Waals surface area (Å²) < 4.78 is 31.8. The van der Waals surface area contributed by atoms with Crippen LogP contribution < -0.4 is 5.32 Å². The summed E-state index contributed by atoms with van der Waals surface area (Å²) in [6.45, 7) is 2.68. The standard InChI is InChI=1S/C14H17F2NO2/c1-8(9-3-4-9)7-17-11-6-5-10(14(18)19-2)12(15)13(11)16/h5-6,8-9,17H,3-4,7H2,1-2H3. The molecule has 3 nitrogen and oxygen atoms in total. The summed E-state index contributed by atoms with van der Waals surface area (Å²) in [6, 6.07) is 2.60. The highest BCUT2D eigenvalue weighted by Gasteiger charge is 2.28. The number of hydrogen-bond acceptors (Lipinski definition) is 3. The van der Waals surface area contributed by atoms with Crippen LogP contribution in [0.2, 0.25) is 0 Å². The van der Waals surface area contributed by atoms with E-state index in [9.17, 15) is 13.6 Å². The molecule has 0 saturated heterocycles. The van der Waals surface area contributed by atoms with Crippen LogP contribution in [0.1, 0.15) is 30.1 Å². The Labute approximate surface area is 111 Å². The van der Waals surface area contributed by atoms with Gasteiger partial charge in [0.05, 0.1) is 18.4 Å². The summed E-state index contributed by atoms with van der Waals surface area (Å²) in [6.07, 6.45) is 2.42. The van der Waals surface area contributed by atoms with Gasteiger partial charge in [-0.1, -0.05) is 6.92 Å². The van der Waals surface area contributed by atoms with E-state index in [1.807, 2.05) is 0 Å². The van der Waals surface area contributed by atoms with Crippen LogP contribution in [0.3, 0.4) is 0 Å². The summed E-state index contributed by atoms with van der Waals surface area (Å²) >= 11 is 0. The van der Waals surface area contributed by atoms with Gasteiger partial charge in [0, 0.05) is 6.54 Å². The van der Waals surface area contributed by atoms with Crippen molar-refractivity contribution < 1.29 is 18.3 Å². The maximum absolute atomic E-state index is 13.8. The van der Waals surface area contributed by atoms with Crippen LogP contribution in [0.5, 0.6) is 0 Å². The van der Waals surface area contributed by atoms with E-state index in [0.29, 0.717) is 18.4 Å². The molecule has 5 heteroatoms. The number of halogens is 2. The highest BCUT2D eigenvalue weighted by atomic mass is 19.2. The molecule has 1 atom stereocenters. The highest BCUT2D eigenvalue weighted by Crippen LogP contribution is 2.36. The van der Waals surface area contributed by atoms with E-state index in [2.05, 4.69) is 17.0 Å². The average molecular weight is 269 g/mol. The molecule has 1 N–H and O–H groups in total. The van der Waals surface area contributed by atoms with E-state index < -0.39 is 17.6 Å². The predicted octanol–water partition coefficient (Wildman–Crippen LogP) is 3.21. The van der Waals surface area contributed by atoms with Gasteiger partial charge in [-0.25, -0.2) is 13.6 Å². The summed E-state index contributed by atoms with van der Waals surface area (Å²) in [5.74, 6) is -1.96. The molecule has 0 heterocycles. The van der Waals surface area contributed by atoms with E-state index in [-0.39, 0.29) is 11.3 Å². The normalized spacial score (nSPS) is 16.0. The Morgan fingerprint density at radius 2 is 2.11 bits per heavy atom. The van der Waals surface area contributed by atoms with E-state index in [1.165, 1.54) is 25.0 Å². The number of rotatable bonds is 5. The van der Waals surface area contributed by atoms with Gasteiger partial charge in [0.2, 0.25) is 0 Å². The van der Waals surface area contributed by atoms with Crippen molar-refractivity contribution in [2.24, 2.45) is 11.8 Å². The maximum Gasteiger partial charge on any atom is 0.340 e. The smallest absolute Gasteiger partial charge is 0.340 e. The van der Waals surface area contributed by atoms with Crippen molar-refractivity contribution in [2.45, 2.75) is 19.8 Å². The molecule has 0 aliphatic heterocycles. The lowest BCUT2D eigenvalue weighted by Gasteiger charge is -2.14. The molecule has 104 valence electrons. The van der Waals surface area contributed by atoms with E-state index in [1.54, 1.807) is 0 Å². The van der Waals surface area contributed by atoms with E-state index in [0.717, 1.165) is 7.11 Å². The molecule has 2 rings (SSSR count). The third-order valence-electron chi connectivity index (χ3n) is 3.53. The molecule has 0 radical (unpaired) electrons. The van der Waals surface area contributed by atoms with Gasteiger partial charge in [-0.3, -0.25) is 0 Å². The van der Waals surface area contributed by atoms with Gasteiger partial charge in [0.15, 0.2) is 11.6 Å². The fourth-order valence-electron chi connectivity index (χ4n) is 2.06. The molecule has 1 fully saturated rings. The summed E-state index contributed by atoms with van der Waals surface area (Å²) in [5, 5.41) is 2.89. The maximum atomic E-state index is 13.8. The molecule has 0 bridgehead atoms. The van der Waals surface area contributed by atoms with Crippen molar-refractivity contribution in [3.63, 3.8) is 0 Å². The molecule has 1 unspecified atom stereocenters. The van der Waals surface area contributed by atoms with Gasteiger partial charge in [-0.2, -0.15) is 0 Å². The minimum atomic E-state index is -1.17. The first-order chi connectivity index (χ1) is 9.04. The quantitative estimate of drug-likeness (QED) is 0.834. The third-order valence-corrected chi connectivity index (χ3v) is 3.53. The van der Waals surface area contributed by atoms with Gasteiger partial charge in [0.1, 0.15) is 0 Å². The van der Waals surface area contributed by atoms with Crippen molar-refractivity contribution in [1.29, 1.82) is 0 Å². The summed E-state index contributed by atoms with van der Waals surface area (Å²) in [4.78, 5) is 11.2. The minimum Gasteiger partial charge on any atom is -0.465 e. The van der Waals surface area contributed by atoms with Crippen LogP contribution >= 0.6 is 0 Å². The zero-order valence-corrected chi connectivity index (χ0v) is 11.0. The lowest BCUT2D eigenvalue weighted by molar-refractivity contribution is 0.0594. The molecule has 1 aliphatic rings. The van der Waals surface area contributed by atoms with Gasteiger partial charge in [-0.05, 0) is 36.8 Å². The number of anilines is 1. The first kappa shape index (κ1) is 13.8. The van der Waals surface area contributed by atoms with E-state index in [4.69, 9.17) is 0 Å². The number of ether oxygens (including phenoxy) is 1. The van der Waals surface area contributed by atoms with Crippen molar-refractivity contribution >= 4 is 11.7 Å². The Balaban J connectivity index is 2.09. The summed E-state index contributed by atoms with van der Waals surface area (Å²) in [7, 11) is 1.13. The van der Waals surface area contributed by atoms with Crippen molar-refractivity contribution in [2.75, 3.05) is 19.0 Å². The molecule has 1 saturated carbocycles. The zero-order valence-electron chi connectivity index (χ0n) is 11.0. The van der Waals surface area contributed by atoms with Crippen molar-refractivity contribution in [1.82, 2.24) is 0 Å². The van der Waals surface area contributed by atoms with Crippen molar-refractivity contribution in [3.8, 4) is 0 Å². The Hall–Kier alpha value is -1.65. The first-order valence-electron chi connectivity index (χ1n) is 6.34. The Bertz CT molecular complexity index is 487. The number of methoxy groups -OCH3 is 1. The highest BCUT2D eigenvalue weighted by molar-refractivity contribution is 5.90. The second-order valence-electron chi connectivity index (χ2n) is 4.98. The van der Waals surface area contributed by atoms with Crippen LogP contribution in [0.25, 0.3) is 0 Å². The largest absolute Gasteiger partial charge is 0.465 e. The number of hydrogen-bond donors (Lipinski definition) is 1. The molecular weight excluding hydrogens is 252 g/mol. The molecule has 19 heavy (non-hydrogen) atoms. The Morgan fingerprint density at radius 3 is 2.68 bits per heavy atom. The van der Waals surface area contributed by atoms with Gasteiger partial charge < -0.3 is 10.1 Å². The topological polar surface area (TPSA) is 38.3 Å². The van der Waals surface area contributed by atoms with Gasteiger partial charge >= 0.3 is 5.97 Å². The summed E-state index contributed by atoms with van der Waals surface area (Å²) in [5.41, 5.74) is -0.307. The van der Waals surface area contributed by atoms with Gasteiger partial charge in [0.25, 0.3) is 0 Å². The number of esters is 1. The van der Waals surface area contributed by atoms with Crippen LogP contribution in [-0.4, -0.2) is 19.6 Å². The van der Waals surface area contributed by atoms with Crippen LogP contribution in [0.15, 0.2) is 12.1 Å². The lowest BCUT2D eigenvalue weighted by atomic mass is 10.1. The minimum absolute atomic E-state index is 0.0812. The predicted molar refractivity (Wildman–Crippen MR) is 68.1 cm³/mol. The number of nitrogens with one attached hydrogen (secondary N) is 1. The van der Waals surface area contributed by atoms with Crippen LogP contribution in [-0.2, 0) is 4.74 Å². The number of carbonyl (C=O) groups excluding carboxylic acids is 1. The average Bonchev–Trinajstić information content (AvgIpc) is 3.23. The lowest BCUT2D eigenvalue weighted by Crippen LogP contribution is -2.15. The second kappa shape index (κ2) is 5.55. The molecule has 1 aromatic carbocycles. The molecule has 0 spiro atoms. The SMILES string of the molecule is COC(=O)c1ccc(NCC(C)C2CC2)c(F)c1F. The van der Waals surface area contributed by atoms with Gasteiger partial charge in [-0.15, -0.1) is 0 Å². The molecular formula is C14H17F2NO2.